The Bertz CT molecular complexity index is 829. The summed E-state index contributed by atoms with van der Waals surface area (Å²) in [6.07, 6.45) is 2.27. The van der Waals surface area contributed by atoms with Crippen molar-refractivity contribution in [2.24, 2.45) is 0 Å². The number of hydrogen-bond acceptors (Lipinski definition) is 6. The fraction of sp³-hybridized carbons (Fsp3) is 0.333. The van der Waals surface area contributed by atoms with Crippen LogP contribution in [0.3, 0.4) is 0 Å². The van der Waals surface area contributed by atoms with Crippen LogP contribution in [0.2, 0.25) is 0 Å². The molecule has 7 nitrogen and oxygen atoms in total. The Morgan fingerprint density at radius 1 is 1.15 bits per heavy atom. The monoisotopic (exact) mass is 496 g/mol. The van der Waals surface area contributed by atoms with E-state index in [-0.39, 0.29) is 5.69 Å². The van der Waals surface area contributed by atoms with Gasteiger partial charge in [0.1, 0.15) is 0 Å². The highest BCUT2D eigenvalue weighted by Gasteiger charge is 2.17. The van der Waals surface area contributed by atoms with Crippen LogP contribution in [0.15, 0.2) is 33.2 Å². The fourth-order valence-corrected chi connectivity index (χ4v) is 4.36. The van der Waals surface area contributed by atoms with Crippen LogP contribution in [0, 0.1) is 6.92 Å². The summed E-state index contributed by atoms with van der Waals surface area (Å²) in [7, 11) is 0. The van der Waals surface area contributed by atoms with E-state index in [0.717, 1.165) is 46.3 Å². The number of benzene rings is 1. The van der Waals surface area contributed by atoms with Gasteiger partial charge in [-0.3, -0.25) is 4.79 Å². The summed E-state index contributed by atoms with van der Waals surface area (Å²) in [6.45, 7) is 3.42. The van der Waals surface area contributed by atoms with Gasteiger partial charge in [0.15, 0.2) is 18.1 Å². The molecule has 1 aliphatic heterocycles. The lowest BCUT2D eigenvalue weighted by Gasteiger charge is -2.15. The molecule has 1 N–H and O–H groups in total. The number of rotatable bonds is 5. The van der Waals surface area contributed by atoms with Crippen molar-refractivity contribution in [2.75, 3.05) is 29.9 Å². The molecule has 2 aromatic rings. The Hall–Kier alpha value is -2.00. The molecule has 0 aliphatic carbocycles. The molecule has 3 rings (SSSR count). The minimum absolute atomic E-state index is 0.0726. The summed E-state index contributed by atoms with van der Waals surface area (Å²) in [4.78, 5) is 26.3. The van der Waals surface area contributed by atoms with E-state index in [1.54, 1.807) is 12.1 Å². The van der Waals surface area contributed by atoms with E-state index in [1.807, 2.05) is 19.1 Å². The Balaban J connectivity index is 1.55. The number of halogens is 2. The van der Waals surface area contributed by atoms with Gasteiger partial charge in [-0.1, -0.05) is 0 Å². The summed E-state index contributed by atoms with van der Waals surface area (Å²) >= 11 is 6.81. The van der Waals surface area contributed by atoms with Crippen molar-refractivity contribution >= 4 is 55.2 Å². The topological polar surface area (TPSA) is 84.4 Å². The second-order valence-corrected chi connectivity index (χ2v) is 7.91. The maximum absolute atomic E-state index is 12.1. The average molecular weight is 498 g/mol. The van der Waals surface area contributed by atoms with E-state index in [0.29, 0.717) is 5.69 Å². The summed E-state index contributed by atoms with van der Waals surface area (Å²) in [5.41, 5.74) is 1.69. The first-order valence-electron chi connectivity index (χ1n) is 8.45. The molecule has 0 bridgehead atoms. The molecule has 0 spiro atoms. The molecule has 1 aromatic heterocycles. The predicted molar refractivity (Wildman–Crippen MR) is 109 cm³/mol. The average Bonchev–Trinajstić information content (AvgIpc) is 3.17. The Labute approximate surface area is 173 Å². The maximum atomic E-state index is 12.1. The number of nitrogens with one attached hydrogen (secondary N) is 1. The number of anilines is 2. The minimum Gasteiger partial charge on any atom is -0.451 e. The third kappa shape index (κ3) is 5.04. The normalized spacial score (nSPS) is 13.5. The summed E-state index contributed by atoms with van der Waals surface area (Å²) in [5, 5.41) is 10.7. The Kier molecular flexibility index (Phi) is 6.43. The van der Waals surface area contributed by atoms with E-state index < -0.39 is 18.5 Å². The number of ether oxygens (including phenoxy) is 1. The molecule has 27 heavy (non-hydrogen) atoms. The van der Waals surface area contributed by atoms with Crippen molar-refractivity contribution < 1.29 is 14.3 Å². The van der Waals surface area contributed by atoms with Gasteiger partial charge >= 0.3 is 5.97 Å². The Morgan fingerprint density at radius 2 is 1.81 bits per heavy atom. The van der Waals surface area contributed by atoms with Gasteiger partial charge in [0, 0.05) is 22.0 Å². The lowest BCUT2D eigenvalue weighted by molar-refractivity contribution is -0.119. The number of esters is 1. The third-order valence-electron chi connectivity index (χ3n) is 4.07. The number of hydrogen-bond donors (Lipinski definition) is 1. The van der Waals surface area contributed by atoms with E-state index >= 15 is 0 Å². The lowest BCUT2D eigenvalue weighted by atomic mass is 10.2. The van der Waals surface area contributed by atoms with E-state index in [2.05, 4.69) is 52.3 Å². The highest BCUT2D eigenvalue weighted by molar-refractivity contribution is 9.11. The largest absolute Gasteiger partial charge is 0.451 e. The molecule has 0 saturated carbocycles. The number of carbonyl (C=O) groups excluding carboxylic acids is 2. The van der Waals surface area contributed by atoms with E-state index in [1.165, 1.54) is 0 Å². The van der Waals surface area contributed by atoms with Crippen molar-refractivity contribution in [3.8, 4) is 0 Å². The molecule has 142 valence electrons. The molecular formula is C18H18Br2N4O3. The van der Waals surface area contributed by atoms with Gasteiger partial charge in [0.05, 0.1) is 5.69 Å². The smallest absolute Gasteiger partial charge is 0.359 e. The van der Waals surface area contributed by atoms with Gasteiger partial charge in [-0.15, -0.1) is 10.2 Å². The molecule has 1 aromatic carbocycles. The van der Waals surface area contributed by atoms with E-state index in [4.69, 9.17) is 4.74 Å². The summed E-state index contributed by atoms with van der Waals surface area (Å²) < 4.78 is 6.50. The van der Waals surface area contributed by atoms with Crippen LogP contribution in [0.4, 0.5) is 11.5 Å². The molecular weight excluding hydrogens is 480 g/mol. The van der Waals surface area contributed by atoms with Gasteiger partial charge in [-0.05, 0) is 81.5 Å². The molecule has 2 heterocycles. The SMILES string of the molecule is Cc1cc(Br)c(NC(=O)COC(=O)c2ccc(N3CCCC3)nn2)c(Br)c1. The number of amides is 1. The summed E-state index contributed by atoms with van der Waals surface area (Å²) in [6, 6.07) is 7.07. The summed E-state index contributed by atoms with van der Waals surface area (Å²) in [5.74, 6) is -0.390. The zero-order valence-corrected chi connectivity index (χ0v) is 17.8. The second-order valence-electron chi connectivity index (χ2n) is 6.20. The molecule has 0 radical (unpaired) electrons. The highest BCUT2D eigenvalue weighted by Crippen LogP contribution is 2.32. The van der Waals surface area contributed by atoms with Gasteiger partial charge < -0.3 is 15.0 Å². The fourth-order valence-electron chi connectivity index (χ4n) is 2.75. The molecule has 0 atom stereocenters. The molecule has 1 fully saturated rings. The van der Waals surface area contributed by atoms with Crippen LogP contribution in [0.1, 0.15) is 28.9 Å². The first-order valence-corrected chi connectivity index (χ1v) is 10.0. The van der Waals surface area contributed by atoms with Crippen LogP contribution in [0.5, 0.6) is 0 Å². The van der Waals surface area contributed by atoms with Crippen LogP contribution >= 0.6 is 31.9 Å². The van der Waals surface area contributed by atoms with Crippen molar-refractivity contribution in [3.05, 3.63) is 44.5 Å². The minimum atomic E-state index is -0.687. The number of nitrogens with zero attached hydrogens (tertiary/aromatic N) is 3. The highest BCUT2D eigenvalue weighted by atomic mass is 79.9. The quantitative estimate of drug-likeness (QED) is 0.634. The first-order chi connectivity index (χ1) is 12.9. The molecule has 0 unspecified atom stereocenters. The third-order valence-corrected chi connectivity index (χ3v) is 5.33. The van der Waals surface area contributed by atoms with Crippen LogP contribution in [-0.4, -0.2) is 41.8 Å². The second kappa shape index (κ2) is 8.79. The number of aromatic nitrogens is 2. The van der Waals surface area contributed by atoms with Crippen LogP contribution < -0.4 is 10.2 Å². The molecule has 1 amide bonds. The molecule has 1 saturated heterocycles. The van der Waals surface area contributed by atoms with Crippen LogP contribution in [0.25, 0.3) is 0 Å². The van der Waals surface area contributed by atoms with Crippen molar-refractivity contribution in [2.45, 2.75) is 19.8 Å². The van der Waals surface area contributed by atoms with Crippen molar-refractivity contribution in [3.63, 3.8) is 0 Å². The van der Waals surface area contributed by atoms with Crippen molar-refractivity contribution in [1.29, 1.82) is 0 Å². The zero-order chi connectivity index (χ0) is 19.4. The van der Waals surface area contributed by atoms with Crippen molar-refractivity contribution in [1.82, 2.24) is 10.2 Å². The van der Waals surface area contributed by atoms with Gasteiger partial charge in [0.25, 0.3) is 5.91 Å². The maximum Gasteiger partial charge on any atom is 0.359 e. The first kappa shape index (κ1) is 19.8. The number of aryl methyl sites for hydroxylation is 1. The molecule has 1 aliphatic rings. The van der Waals surface area contributed by atoms with Gasteiger partial charge in [-0.2, -0.15) is 0 Å². The molecule has 9 heteroatoms. The lowest BCUT2D eigenvalue weighted by Crippen LogP contribution is -2.23. The number of carbonyl (C=O) groups is 2. The standard InChI is InChI=1S/C18H18Br2N4O3/c1-11-8-12(19)17(13(20)9-11)21-16(25)10-27-18(26)14-4-5-15(23-22-14)24-6-2-3-7-24/h4-5,8-9H,2-3,6-7,10H2,1H3,(H,21,25). The predicted octanol–water partition coefficient (Wildman–Crippen LogP) is 3.71. The van der Waals surface area contributed by atoms with Crippen LogP contribution in [-0.2, 0) is 9.53 Å². The Morgan fingerprint density at radius 3 is 2.41 bits per heavy atom. The van der Waals surface area contributed by atoms with Gasteiger partial charge in [0.2, 0.25) is 0 Å². The van der Waals surface area contributed by atoms with Gasteiger partial charge in [-0.25, -0.2) is 4.79 Å². The zero-order valence-electron chi connectivity index (χ0n) is 14.7. The van der Waals surface area contributed by atoms with E-state index in [9.17, 15) is 9.59 Å².